The lowest BCUT2D eigenvalue weighted by Crippen LogP contribution is -2.46. The van der Waals surface area contributed by atoms with Gasteiger partial charge in [-0.05, 0) is 25.8 Å². The number of aliphatic hydroxyl groups is 1. The van der Waals surface area contributed by atoms with Gasteiger partial charge in [-0.3, -0.25) is 4.79 Å². The highest BCUT2D eigenvalue weighted by molar-refractivity contribution is 5.97. The lowest BCUT2D eigenvalue weighted by molar-refractivity contribution is 0.0869. The van der Waals surface area contributed by atoms with Gasteiger partial charge in [-0.1, -0.05) is 13.8 Å². The molecule has 2 rings (SSSR count). The number of hydrogen-bond acceptors (Lipinski definition) is 4. The molecular weight excluding hydrogens is 268 g/mol. The minimum atomic E-state index is -0.659. The average Bonchev–Trinajstić information content (AvgIpc) is 2.80. The highest BCUT2D eigenvalue weighted by Crippen LogP contribution is 2.15. The predicted molar refractivity (Wildman–Crippen MR) is 81.0 cm³/mol. The molecule has 0 aliphatic rings. The smallest absolute Gasteiger partial charge is 0.253 e. The van der Waals surface area contributed by atoms with Gasteiger partial charge in [0, 0.05) is 18.1 Å². The summed E-state index contributed by atoms with van der Waals surface area (Å²) in [4.78, 5) is 16.5. The van der Waals surface area contributed by atoms with E-state index in [1.807, 2.05) is 4.68 Å². The van der Waals surface area contributed by atoms with Crippen molar-refractivity contribution in [3.8, 4) is 0 Å². The van der Waals surface area contributed by atoms with E-state index in [2.05, 4.69) is 29.2 Å². The van der Waals surface area contributed by atoms with Crippen LogP contribution < -0.4 is 5.32 Å². The minimum absolute atomic E-state index is 0.124. The van der Waals surface area contributed by atoms with Crippen molar-refractivity contribution in [2.45, 2.75) is 39.8 Å². The Balaban J connectivity index is 2.26. The molecule has 6 nitrogen and oxygen atoms in total. The van der Waals surface area contributed by atoms with Crippen LogP contribution in [0, 0.1) is 5.92 Å². The van der Waals surface area contributed by atoms with E-state index in [1.54, 1.807) is 32.3 Å². The summed E-state index contributed by atoms with van der Waals surface area (Å²) in [5.41, 5.74) is 0.586. The second-order valence-corrected chi connectivity index (χ2v) is 6.35. The van der Waals surface area contributed by atoms with Crippen molar-refractivity contribution in [2.24, 2.45) is 5.92 Å². The zero-order valence-electron chi connectivity index (χ0n) is 12.9. The number of hydrogen-bond donors (Lipinski definition) is 2. The van der Waals surface area contributed by atoms with Gasteiger partial charge in [-0.15, -0.1) is 0 Å². The fraction of sp³-hybridized carbons (Fsp3) is 0.533. The number of amides is 1. The van der Waals surface area contributed by atoms with E-state index in [4.69, 9.17) is 0 Å². The van der Waals surface area contributed by atoms with E-state index < -0.39 is 5.54 Å². The van der Waals surface area contributed by atoms with Crippen LogP contribution in [0.4, 0.5) is 0 Å². The molecule has 2 aromatic heterocycles. The number of carbonyl (C=O) groups is 1. The first-order chi connectivity index (χ1) is 9.82. The third-order valence-corrected chi connectivity index (χ3v) is 3.12. The largest absolute Gasteiger partial charge is 0.394 e. The van der Waals surface area contributed by atoms with Gasteiger partial charge in [0.25, 0.3) is 5.91 Å². The molecule has 0 spiro atoms. The van der Waals surface area contributed by atoms with Crippen LogP contribution >= 0.6 is 0 Å². The summed E-state index contributed by atoms with van der Waals surface area (Å²) in [7, 11) is 0. The molecule has 0 radical (unpaired) electrons. The molecule has 0 saturated heterocycles. The van der Waals surface area contributed by atoms with E-state index in [9.17, 15) is 9.90 Å². The van der Waals surface area contributed by atoms with Crippen molar-refractivity contribution < 1.29 is 9.90 Å². The second kappa shape index (κ2) is 5.81. The van der Waals surface area contributed by atoms with Crippen molar-refractivity contribution in [1.82, 2.24) is 20.1 Å². The summed E-state index contributed by atoms with van der Waals surface area (Å²) in [6.45, 7) is 8.42. The Hall–Kier alpha value is -1.95. The molecule has 0 bridgehead atoms. The van der Waals surface area contributed by atoms with Crippen LogP contribution in [0.25, 0.3) is 11.0 Å². The van der Waals surface area contributed by atoms with Crippen molar-refractivity contribution in [3.63, 3.8) is 0 Å². The molecule has 2 N–H and O–H groups in total. The fourth-order valence-corrected chi connectivity index (χ4v) is 1.99. The number of fused-ring (bicyclic) bond motifs is 1. The van der Waals surface area contributed by atoms with Gasteiger partial charge in [0.2, 0.25) is 0 Å². The zero-order valence-corrected chi connectivity index (χ0v) is 12.9. The van der Waals surface area contributed by atoms with E-state index >= 15 is 0 Å². The molecule has 0 atom stereocenters. The van der Waals surface area contributed by atoms with E-state index in [-0.39, 0.29) is 12.5 Å². The standard InChI is InChI=1S/C15H22N4O2/c1-10(2)8-19-13-11(7-17-19)5-12(6-16-13)14(21)18-15(3,4)9-20/h5-7,10,20H,8-9H2,1-4H3,(H,18,21). The summed E-state index contributed by atoms with van der Waals surface area (Å²) < 4.78 is 1.85. The number of aromatic nitrogens is 3. The SMILES string of the molecule is CC(C)Cn1ncc2cc(C(=O)NC(C)(C)CO)cnc21. The summed E-state index contributed by atoms with van der Waals surface area (Å²) >= 11 is 0. The number of nitrogens with one attached hydrogen (secondary N) is 1. The molecule has 2 heterocycles. The number of rotatable bonds is 5. The Morgan fingerprint density at radius 1 is 1.43 bits per heavy atom. The number of carbonyl (C=O) groups excluding carboxylic acids is 1. The maximum absolute atomic E-state index is 12.2. The van der Waals surface area contributed by atoms with Crippen LogP contribution in [-0.2, 0) is 6.54 Å². The quantitative estimate of drug-likeness (QED) is 0.876. The molecule has 0 aromatic carbocycles. The summed E-state index contributed by atoms with van der Waals surface area (Å²) in [6.07, 6.45) is 3.27. The summed E-state index contributed by atoms with van der Waals surface area (Å²) in [6, 6.07) is 1.77. The van der Waals surface area contributed by atoms with Gasteiger partial charge >= 0.3 is 0 Å². The zero-order chi connectivity index (χ0) is 15.6. The van der Waals surface area contributed by atoms with Crippen LogP contribution in [0.2, 0.25) is 0 Å². The Morgan fingerprint density at radius 2 is 2.14 bits per heavy atom. The van der Waals surface area contributed by atoms with Crippen LogP contribution in [0.1, 0.15) is 38.1 Å². The molecule has 1 amide bonds. The monoisotopic (exact) mass is 290 g/mol. The highest BCUT2D eigenvalue weighted by atomic mass is 16.3. The second-order valence-electron chi connectivity index (χ2n) is 6.35. The van der Waals surface area contributed by atoms with Crippen LogP contribution in [0.15, 0.2) is 18.5 Å². The number of aliphatic hydroxyl groups excluding tert-OH is 1. The van der Waals surface area contributed by atoms with Gasteiger partial charge in [-0.2, -0.15) is 5.10 Å². The van der Waals surface area contributed by atoms with Gasteiger partial charge in [0.05, 0.1) is 23.9 Å². The fourth-order valence-electron chi connectivity index (χ4n) is 1.99. The van der Waals surface area contributed by atoms with Crippen LogP contribution in [-0.4, -0.2) is 37.9 Å². The first-order valence-electron chi connectivity index (χ1n) is 7.07. The molecule has 2 aromatic rings. The Kier molecular flexibility index (Phi) is 4.27. The average molecular weight is 290 g/mol. The predicted octanol–water partition coefficient (Wildman–Crippen LogP) is 1.59. The van der Waals surface area contributed by atoms with Gasteiger partial charge in [-0.25, -0.2) is 9.67 Å². The molecule has 0 fully saturated rings. The van der Waals surface area contributed by atoms with Gasteiger partial charge < -0.3 is 10.4 Å². The molecule has 0 saturated carbocycles. The molecular formula is C15H22N4O2. The summed E-state index contributed by atoms with van der Waals surface area (Å²) in [5.74, 6) is 0.225. The molecule has 6 heteroatoms. The lowest BCUT2D eigenvalue weighted by atomic mass is 10.1. The van der Waals surface area contributed by atoms with Crippen molar-refractivity contribution in [2.75, 3.05) is 6.61 Å². The maximum atomic E-state index is 12.2. The first kappa shape index (κ1) is 15.4. The van der Waals surface area contributed by atoms with Gasteiger partial charge in [0.15, 0.2) is 5.65 Å². The summed E-state index contributed by atoms with van der Waals surface area (Å²) in [5, 5.41) is 17.1. The highest BCUT2D eigenvalue weighted by Gasteiger charge is 2.20. The molecule has 21 heavy (non-hydrogen) atoms. The van der Waals surface area contributed by atoms with Crippen molar-refractivity contribution in [3.05, 3.63) is 24.0 Å². The molecule has 114 valence electrons. The van der Waals surface area contributed by atoms with Crippen LogP contribution in [0.5, 0.6) is 0 Å². The van der Waals surface area contributed by atoms with E-state index in [0.29, 0.717) is 11.5 Å². The molecule has 0 aliphatic heterocycles. The number of pyridine rings is 1. The Labute approximate surface area is 124 Å². The molecule has 0 unspecified atom stereocenters. The number of nitrogens with zero attached hydrogens (tertiary/aromatic N) is 3. The van der Waals surface area contributed by atoms with Gasteiger partial charge in [0.1, 0.15) is 0 Å². The van der Waals surface area contributed by atoms with Crippen LogP contribution in [0.3, 0.4) is 0 Å². The first-order valence-corrected chi connectivity index (χ1v) is 7.07. The van der Waals surface area contributed by atoms with E-state index in [0.717, 1.165) is 17.6 Å². The third kappa shape index (κ3) is 3.58. The lowest BCUT2D eigenvalue weighted by Gasteiger charge is -2.23. The Morgan fingerprint density at radius 3 is 2.76 bits per heavy atom. The normalized spacial score (nSPS) is 12.1. The Bertz CT molecular complexity index is 646. The third-order valence-electron chi connectivity index (χ3n) is 3.12. The molecule has 0 aliphatic carbocycles. The topological polar surface area (TPSA) is 80.0 Å². The minimum Gasteiger partial charge on any atom is -0.394 e. The van der Waals surface area contributed by atoms with Crippen molar-refractivity contribution >= 4 is 16.9 Å². The van der Waals surface area contributed by atoms with Crippen molar-refractivity contribution in [1.29, 1.82) is 0 Å². The maximum Gasteiger partial charge on any atom is 0.253 e. The van der Waals surface area contributed by atoms with E-state index in [1.165, 1.54) is 0 Å².